The quantitative estimate of drug-likeness (QED) is 0.718. The minimum atomic E-state index is 0.445. The summed E-state index contributed by atoms with van der Waals surface area (Å²) in [7, 11) is 0. The second kappa shape index (κ2) is 7.11. The van der Waals surface area contributed by atoms with Crippen molar-refractivity contribution in [3.63, 3.8) is 0 Å². The number of aromatic hydroxyl groups is 2. The Hall–Kier alpha value is -1.96. The lowest BCUT2D eigenvalue weighted by atomic mass is 9.90. The highest BCUT2D eigenvalue weighted by Gasteiger charge is 2.23. The number of phenols is 2. The molecule has 132 valence electrons. The molecule has 0 radical (unpaired) electrons. The third-order valence-corrected chi connectivity index (χ3v) is 6.27. The highest BCUT2D eigenvalue weighted by atomic mass is 16.3. The van der Waals surface area contributed by atoms with Crippen LogP contribution >= 0.6 is 0 Å². The zero-order chi connectivity index (χ0) is 17.2. The van der Waals surface area contributed by atoms with E-state index >= 15 is 0 Å². The van der Waals surface area contributed by atoms with E-state index in [1.165, 1.54) is 51.4 Å². The lowest BCUT2D eigenvalue weighted by molar-refractivity contribution is 0.449. The largest absolute Gasteiger partial charge is 0.507 e. The molecule has 0 aliphatic heterocycles. The van der Waals surface area contributed by atoms with Crippen LogP contribution in [0.15, 0.2) is 36.4 Å². The van der Waals surface area contributed by atoms with Crippen LogP contribution in [0, 0.1) is 0 Å². The van der Waals surface area contributed by atoms with Crippen molar-refractivity contribution in [3.05, 3.63) is 58.7 Å². The first kappa shape index (κ1) is 16.5. The molecule has 2 saturated carbocycles. The van der Waals surface area contributed by atoms with Gasteiger partial charge in [0.05, 0.1) is 0 Å². The molecule has 4 rings (SSSR count). The van der Waals surface area contributed by atoms with E-state index in [0.717, 1.165) is 22.3 Å². The van der Waals surface area contributed by atoms with Crippen molar-refractivity contribution in [3.8, 4) is 11.5 Å². The van der Waals surface area contributed by atoms with Gasteiger partial charge in [-0.1, -0.05) is 62.1 Å². The standard InChI is InChI=1S/C23H28O2/c24-22-18(11-5-13-20(22)16-7-1-2-8-16)15-19-12-6-14-21(23(19)25)17-9-3-4-10-17/h5-6,11-14,16-17,24-25H,1-4,7-10,15H2. The molecule has 2 aromatic rings. The van der Waals surface area contributed by atoms with Crippen molar-refractivity contribution in [2.24, 2.45) is 0 Å². The second-order valence-corrected chi connectivity index (χ2v) is 7.85. The SMILES string of the molecule is Oc1c(Cc2cccc(C3CCCC3)c2O)cccc1C1CCCC1. The van der Waals surface area contributed by atoms with Crippen molar-refractivity contribution in [2.45, 2.75) is 69.6 Å². The molecular formula is C23H28O2. The first-order valence-electron chi connectivity index (χ1n) is 9.85. The molecule has 0 unspecified atom stereocenters. The van der Waals surface area contributed by atoms with Crippen molar-refractivity contribution < 1.29 is 10.2 Å². The molecule has 0 spiro atoms. The smallest absolute Gasteiger partial charge is 0.122 e. The zero-order valence-corrected chi connectivity index (χ0v) is 14.9. The average molecular weight is 336 g/mol. The fourth-order valence-corrected chi connectivity index (χ4v) is 4.85. The Bertz CT molecular complexity index is 674. The first-order valence-corrected chi connectivity index (χ1v) is 9.85. The Morgan fingerprint density at radius 3 is 1.44 bits per heavy atom. The van der Waals surface area contributed by atoms with Crippen LogP contribution in [0.4, 0.5) is 0 Å². The number of rotatable bonds is 4. The Labute approximate surface area is 150 Å². The van der Waals surface area contributed by atoms with Crippen LogP contribution in [-0.4, -0.2) is 10.2 Å². The molecule has 2 aliphatic carbocycles. The minimum absolute atomic E-state index is 0.445. The van der Waals surface area contributed by atoms with Crippen molar-refractivity contribution in [2.75, 3.05) is 0 Å². The summed E-state index contributed by atoms with van der Waals surface area (Å²) in [5.41, 5.74) is 4.06. The van der Waals surface area contributed by atoms with Gasteiger partial charge < -0.3 is 10.2 Å². The van der Waals surface area contributed by atoms with Crippen LogP contribution in [0.3, 0.4) is 0 Å². The van der Waals surface area contributed by atoms with Gasteiger partial charge in [0.2, 0.25) is 0 Å². The van der Waals surface area contributed by atoms with Gasteiger partial charge in [0, 0.05) is 6.42 Å². The molecule has 0 heterocycles. The molecule has 2 fully saturated rings. The molecule has 25 heavy (non-hydrogen) atoms. The van der Waals surface area contributed by atoms with Crippen LogP contribution in [0.5, 0.6) is 11.5 Å². The van der Waals surface area contributed by atoms with E-state index in [0.29, 0.717) is 29.8 Å². The molecule has 0 saturated heterocycles. The summed E-state index contributed by atoms with van der Waals surface area (Å²) in [5.74, 6) is 1.89. The van der Waals surface area contributed by atoms with E-state index in [1.807, 2.05) is 12.1 Å². The molecule has 2 nitrogen and oxygen atoms in total. The van der Waals surface area contributed by atoms with E-state index in [-0.39, 0.29) is 0 Å². The molecular weight excluding hydrogens is 308 g/mol. The predicted molar refractivity (Wildman–Crippen MR) is 101 cm³/mol. The Kier molecular flexibility index (Phi) is 4.70. The van der Waals surface area contributed by atoms with E-state index in [2.05, 4.69) is 24.3 Å². The summed E-state index contributed by atoms with van der Waals surface area (Å²) in [6.45, 7) is 0. The average Bonchev–Trinajstić information content (AvgIpc) is 3.32. The number of hydrogen-bond acceptors (Lipinski definition) is 2. The molecule has 2 aromatic carbocycles. The van der Waals surface area contributed by atoms with E-state index in [9.17, 15) is 10.2 Å². The summed E-state index contributed by atoms with van der Waals surface area (Å²) in [4.78, 5) is 0. The number of para-hydroxylation sites is 2. The van der Waals surface area contributed by atoms with Crippen LogP contribution < -0.4 is 0 Å². The fraction of sp³-hybridized carbons (Fsp3) is 0.478. The van der Waals surface area contributed by atoms with Gasteiger partial charge in [-0.05, 0) is 59.8 Å². The second-order valence-electron chi connectivity index (χ2n) is 7.85. The molecule has 2 N–H and O–H groups in total. The molecule has 2 aliphatic rings. The van der Waals surface area contributed by atoms with Crippen molar-refractivity contribution in [1.82, 2.24) is 0 Å². The van der Waals surface area contributed by atoms with Crippen LogP contribution in [0.1, 0.15) is 85.5 Å². The lowest BCUT2D eigenvalue weighted by Crippen LogP contribution is -1.99. The van der Waals surface area contributed by atoms with Crippen molar-refractivity contribution >= 4 is 0 Å². The molecule has 0 aromatic heterocycles. The van der Waals surface area contributed by atoms with Gasteiger partial charge in [-0.2, -0.15) is 0 Å². The molecule has 0 amide bonds. The number of benzene rings is 2. The van der Waals surface area contributed by atoms with Crippen LogP contribution in [-0.2, 0) is 6.42 Å². The molecule has 2 heteroatoms. The Balaban J connectivity index is 1.62. The maximum absolute atomic E-state index is 10.8. The summed E-state index contributed by atoms with van der Waals surface area (Å²) in [6, 6.07) is 12.2. The van der Waals surface area contributed by atoms with E-state index < -0.39 is 0 Å². The summed E-state index contributed by atoms with van der Waals surface area (Å²) in [6.07, 6.45) is 10.4. The van der Waals surface area contributed by atoms with E-state index in [1.54, 1.807) is 0 Å². The third kappa shape index (κ3) is 3.27. The highest BCUT2D eigenvalue weighted by molar-refractivity contribution is 5.49. The topological polar surface area (TPSA) is 40.5 Å². The maximum atomic E-state index is 10.8. The van der Waals surface area contributed by atoms with Gasteiger partial charge in [-0.3, -0.25) is 0 Å². The Morgan fingerprint density at radius 1 is 0.640 bits per heavy atom. The number of phenolic OH excluding ortho intramolecular Hbond substituents is 2. The van der Waals surface area contributed by atoms with Gasteiger partial charge in [0.1, 0.15) is 11.5 Å². The maximum Gasteiger partial charge on any atom is 0.122 e. The minimum Gasteiger partial charge on any atom is -0.507 e. The Morgan fingerprint density at radius 2 is 1.04 bits per heavy atom. The first-order chi connectivity index (χ1) is 12.2. The van der Waals surface area contributed by atoms with Crippen LogP contribution in [0.25, 0.3) is 0 Å². The van der Waals surface area contributed by atoms with Gasteiger partial charge in [0.25, 0.3) is 0 Å². The summed E-state index contributed by atoms with van der Waals surface area (Å²) >= 11 is 0. The van der Waals surface area contributed by atoms with Gasteiger partial charge in [-0.25, -0.2) is 0 Å². The highest BCUT2D eigenvalue weighted by Crippen LogP contribution is 2.42. The fourth-order valence-electron chi connectivity index (χ4n) is 4.85. The molecule has 0 bridgehead atoms. The summed E-state index contributed by atoms with van der Waals surface area (Å²) in [5, 5.41) is 21.6. The van der Waals surface area contributed by atoms with Crippen LogP contribution in [0.2, 0.25) is 0 Å². The monoisotopic (exact) mass is 336 g/mol. The lowest BCUT2D eigenvalue weighted by Gasteiger charge is -2.17. The molecule has 0 atom stereocenters. The summed E-state index contributed by atoms with van der Waals surface area (Å²) < 4.78 is 0. The van der Waals surface area contributed by atoms with E-state index in [4.69, 9.17) is 0 Å². The predicted octanol–water partition coefficient (Wildman–Crippen LogP) is 6.00. The van der Waals surface area contributed by atoms with Gasteiger partial charge in [0.15, 0.2) is 0 Å². The third-order valence-electron chi connectivity index (χ3n) is 6.27. The van der Waals surface area contributed by atoms with Gasteiger partial charge in [-0.15, -0.1) is 0 Å². The normalized spacial score (nSPS) is 18.9. The van der Waals surface area contributed by atoms with Crippen molar-refractivity contribution in [1.29, 1.82) is 0 Å². The van der Waals surface area contributed by atoms with Gasteiger partial charge >= 0.3 is 0 Å². The zero-order valence-electron chi connectivity index (χ0n) is 14.9. The number of hydrogen-bond donors (Lipinski definition) is 2.